The SMILES string of the molecule is CCCNc1ccccc1C(=O)NC1CC=CCC1. The Hall–Kier alpha value is -1.77. The molecule has 0 spiro atoms. The van der Waals surface area contributed by atoms with Gasteiger partial charge in [-0.25, -0.2) is 0 Å². The quantitative estimate of drug-likeness (QED) is 0.795. The number of nitrogens with one attached hydrogen (secondary N) is 2. The molecule has 3 heteroatoms. The first-order valence-corrected chi connectivity index (χ1v) is 7.10. The van der Waals surface area contributed by atoms with Crippen LogP contribution in [0.4, 0.5) is 5.69 Å². The Balaban J connectivity index is 2.03. The van der Waals surface area contributed by atoms with Crippen LogP contribution in [0.2, 0.25) is 0 Å². The maximum Gasteiger partial charge on any atom is 0.253 e. The van der Waals surface area contributed by atoms with Gasteiger partial charge in [0, 0.05) is 18.3 Å². The first-order chi connectivity index (χ1) is 9.31. The lowest BCUT2D eigenvalue weighted by molar-refractivity contribution is 0.0935. The molecule has 1 amide bonds. The maximum absolute atomic E-state index is 12.3. The number of hydrogen-bond acceptors (Lipinski definition) is 2. The molecule has 0 fully saturated rings. The lowest BCUT2D eigenvalue weighted by Crippen LogP contribution is -2.35. The summed E-state index contributed by atoms with van der Waals surface area (Å²) in [7, 11) is 0. The normalized spacial score (nSPS) is 18.1. The molecule has 2 rings (SSSR count). The van der Waals surface area contributed by atoms with Crippen molar-refractivity contribution >= 4 is 11.6 Å². The van der Waals surface area contributed by atoms with Gasteiger partial charge in [-0.05, 0) is 37.8 Å². The minimum Gasteiger partial charge on any atom is -0.384 e. The van der Waals surface area contributed by atoms with Crippen LogP contribution in [-0.2, 0) is 0 Å². The topological polar surface area (TPSA) is 41.1 Å². The Morgan fingerprint density at radius 3 is 2.89 bits per heavy atom. The zero-order valence-corrected chi connectivity index (χ0v) is 11.5. The van der Waals surface area contributed by atoms with Gasteiger partial charge in [0.2, 0.25) is 0 Å². The van der Waals surface area contributed by atoms with Crippen LogP contribution in [0.1, 0.15) is 43.0 Å². The molecule has 3 nitrogen and oxygen atoms in total. The van der Waals surface area contributed by atoms with Crippen LogP contribution >= 0.6 is 0 Å². The van der Waals surface area contributed by atoms with E-state index >= 15 is 0 Å². The summed E-state index contributed by atoms with van der Waals surface area (Å²) >= 11 is 0. The van der Waals surface area contributed by atoms with Gasteiger partial charge in [-0.15, -0.1) is 0 Å². The van der Waals surface area contributed by atoms with Crippen LogP contribution in [-0.4, -0.2) is 18.5 Å². The van der Waals surface area contributed by atoms with Crippen molar-refractivity contribution in [3.8, 4) is 0 Å². The van der Waals surface area contributed by atoms with Crippen molar-refractivity contribution in [2.75, 3.05) is 11.9 Å². The van der Waals surface area contributed by atoms with Crippen LogP contribution in [0.25, 0.3) is 0 Å². The Labute approximate surface area is 115 Å². The van der Waals surface area contributed by atoms with E-state index in [4.69, 9.17) is 0 Å². The monoisotopic (exact) mass is 258 g/mol. The largest absolute Gasteiger partial charge is 0.384 e. The van der Waals surface area contributed by atoms with E-state index in [0.717, 1.165) is 43.5 Å². The molecule has 102 valence electrons. The van der Waals surface area contributed by atoms with E-state index in [-0.39, 0.29) is 11.9 Å². The zero-order valence-electron chi connectivity index (χ0n) is 11.5. The molecule has 1 unspecified atom stereocenters. The number of anilines is 1. The van der Waals surface area contributed by atoms with E-state index in [9.17, 15) is 4.79 Å². The van der Waals surface area contributed by atoms with Crippen molar-refractivity contribution in [1.82, 2.24) is 5.32 Å². The van der Waals surface area contributed by atoms with Gasteiger partial charge in [-0.1, -0.05) is 31.2 Å². The van der Waals surface area contributed by atoms with Gasteiger partial charge in [0.1, 0.15) is 0 Å². The first-order valence-electron chi connectivity index (χ1n) is 7.10. The van der Waals surface area contributed by atoms with Crippen LogP contribution in [0.15, 0.2) is 36.4 Å². The fraction of sp³-hybridized carbons (Fsp3) is 0.438. The van der Waals surface area contributed by atoms with Gasteiger partial charge < -0.3 is 10.6 Å². The molecule has 19 heavy (non-hydrogen) atoms. The summed E-state index contributed by atoms with van der Waals surface area (Å²) in [5.74, 6) is 0.0273. The second-order valence-corrected chi connectivity index (χ2v) is 4.93. The highest BCUT2D eigenvalue weighted by Gasteiger charge is 2.16. The Morgan fingerprint density at radius 1 is 1.32 bits per heavy atom. The van der Waals surface area contributed by atoms with E-state index in [1.165, 1.54) is 0 Å². The van der Waals surface area contributed by atoms with E-state index in [0.29, 0.717) is 0 Å². The summed E-state index contributed by atoms with van der Waals surface area (Å²) in [5, 5.41) is 6.43. The lowest BCUT2D eigenvalue weighted by atomic mass is 10.0. The van der Waals surface area contributed by atoms with Crippen molar-refractivity contribution in [2.24, 2.45) is 0 Å². The molecule has 0 aliphatic heterocycles. The Bertz CT molecular complexity index is 454. The molecule has 0 radical (unpaired) electrons. The van der Waals surface area contributed by atoms with Gasteiger partial charge in [0.15, 0.2) is 0 Å². The van der Waals surface area contributed by atoms with Crippen molar-refractivity contribution < 1.29 is 4.79 Å². The highest BCUT2D eigenvalue weighted by atomic mass is 16.1. The number of rotatable bonds is 5. The molecule has 0 saturated carbocycles. The number of carbonyl (C=O) groups is 1. The summed E-state index contributed by atoms with van der Waals surface area (Å²) in [5.41, 5.74) is 1.67. The fourth-order valence-electron chi connectivity index (χ4n) is 2.28. The van der Waals surface area contributed by atoms with Crippen molar-refractivity contribution in [3.63, 3.8) is 0 Å². The predicted molar refractivity (Wildman–Crippen MR) is 79.5 cm³/mol. The number of amides is 1. The first kappa shape index (κ1) is 13.7. The third-order valence-electron chi connectivity index (χ3n) is 3.34. The average molecular weight is 258 g/mol. The zero-order chi connectivity index (χ0) is 13.5. The summed E-state index contributed by atoms with van der Waals surface area (Å²) in [6, 6.07) is 7.99. The summed E-state index contributed by atoms with van der Waals surface area (Å²) in [6.07, 6.45) is 8.40. The van der Waals surface area contributed by atoms with Crippen LogP contribution in [0.3, 0.4) is 0 Å². The van der Waals surface area contributed by atoms with Crippen LogP contribution < -0.4 is 10.6 Å². The number of benzene rings is 1. The molecule has 0 heterocycles. The predicted octanol–water partition coefficient (Wildman–Crippen LogP) is 3.35. The molecular weight excluding hydrogens is 236 g/mol. The van der Waals surface area contributed by atoms with Crippen molar-refractivity contribution in [3.05, 3.63) is 42.0 Å². The number of para-hydroxylation sites is 1. The molecule has 0 bridgehead atoms. The summed E-state index contributed by atoms with van der Waals surface area (Å²) in [4.78, 5) is 12.3. The van der Waals surface area contributed by atoms with Gasteiger partial charge in [-0.3, -0.25) is 4.79 Å². The van der Waals surface area contributed by atoms with Gasteiger partial charge in [0.05, 0.1) is 5.56 Å². The Morgan fingerprint density at radius 2 is 2.16 bits per heavy atom. The number of carbonyl (C=O) groups excluding carboxylic acids is 1. The van der Waals surface area contributed by atoms with Gasteiger partial charge in [-0.2, -0.15) is 0 Å². The molecule has 1 aliphatic rings. The van der Waals surface area contributed by atoms with Crippen LogP contribution in [0, 0.1) is 0 Å². The molecule has 0 aromatic heterocycles. The fourth-order valence-corrected chi connectivity index (χ4v) is 2.28. The van der Waals surface area contributed by atoms with Gasteiger partial charge >= 0.3 is 0 Å². The van der Waals surface area contributed by atoms with Crippen LogP contribution in [0.5, 0.6) is 0 Å². The smallest absolute Gasteiger partial charge is 0.253 e. The van der Waals surface area contributed by atoms with Crippen molar-refractivity contribution in [1.29, 1.82) is 0 Å². The third-order valence-corrected chi connectivity index (χ3v) is 3.34. The molecule has 1 aromatic carbocycles. The van der Waals surface area contributed by atoms with E-state index in [2.05, 4.69) is 29.7 Å². The molecule has 0 saturated heterocycles. The third kappa shape index (κ3) is 3.85. The number of allylic oxidation sites excluding steroid dienone is 1. The second-order valence-electron chi connectivity index (χ2n) is 4.93. The van der Waals surface area contributed by atoms with E-state index in [1.807, 2.05) is 24.3 Å². The summed E-state index contributed by atoms with van der Waals surface area (Å²) < 4.78 is 0. The molecule has 1 atom stereocenters. The minimum absolute atomic E-state index is 0.0273. The molecule has 2 N–H and O–H groups in total. The maximum atomic E-state index is 12.3. The lowest BCUT2D eigenvalue weighted by Gasteiger charge is -2.20. The van der Waals surface area contributed by atoms with E-state index in [1.54, 1.807) is 0 Å². The number of hydrogen-bond donors (Lipinski definition) is 2. The standard InChI is InChI=1S/C16H22N2O/c1-2-12-17-15-11-7-6-10-14(15)16(19)18-13-8-4-3-5-9-13/h3-4,6-7,10-11,13,17H,2,5,8-9,12H2,1H3,(H,18,19). The minimum atomic E-state index is 0.0273. The Kier molecular flexibility index (Phi) is 5.01. The molecular formula is C16H22N2O. The van der Waals surface area contributed by atoms with Crippen molar-refractivity contribution in [2.45, 2.75) is 38.6 Å². The summed E-state index contributed by atoms with van der Waals surface area (Å²) in [6.45, 7) is 3.00. The average Bonchev–Trinajstić information content (AvgIpc) is 2.46. The van der Waals surface area contributed by atoms with E-state index < -0.39 is 0 Å². The highest BCUT2D eigenvalue weighted by Crippen LogP contribution is 2.17. The van der Waals surface area contributed by atoms with Gasteiger partial charge in [0.25, 0.3) is 5.91 Å². The molecule has 1 aromatic rings. The highest BCUT2D eigenvalue weighted by molar-refractivity contribution is 5.99. The molecule has 1 aliphatic carbocycles. The second kappa shape index (κ2) is 6.98.